The van der Waals surface area contributed by atoms with E-state index >= 15 is 0 Å². The van der Waals surface area contributed by atoms with Crippen LogP contribution in [-0.4, -0.2) is 11.8 Å². The Morgan fingerprint density at radius 3 is 2.00 bits per heavy atom. The van der Waals surface area contributed by atoms with Gasteiger partial charge in [-0.2, -0.15) is 0 Å². The normalized spacial score (nSPS) is 10.0. The molecular weight excluding hydrogens is 304 g/mol. The number of hydrogen-bond acceptors (Lipinski definition) is 4. The molecule has 2 amide bonds. The number of aryl methyl sites for hydroxylation is 1. The molecule has 0 fully saturated rings. The number of carbonyl (C=O) groups is 2. The van der Waals surface area contributed by atoms with E-state index in [4.69, 9.17) is 0 Å². The molecule has 0 bridgehead atoms. The number of amides is 2. The van der Waals surface area contributed by atoms with Gasteiger partial charge in [-0.05, 0) is 36.8 Å². The molecule has 0 saturated heterocycles. The maximum atomic E-state index is 12.0. The summed E-state index contributed by atoms with van der Waals surface area (Å²) in [6.07, 6.45) is 0. The summed E-state index contributed by atoms with van der Waals surface area (Å²) in [5.74, 6) is -0.855. The van der Waals surface area contributed by atoms with Gasteiger partial charge >= 0.3 is 0 Å². The lowest BCUT2D eigenvalue weighted by Crippen LogP contribution is -2.41. The van der Waals surface area contributed by atoms with Gasteiger partial charge in [0.1, 0.15) is 0 Å². The molecule has 2 aromatic rings. The third-order valence-electron chi connectivity index (χ3n) is 2.84. The summed E-state index contributed by atoms with van der Waals surface area (Å²) < 4.78 is 0. The van der Waals surface area contributed by atoms with Crippen LogP contribution in [0.4, 0.5) is 0 Å². The highest BCUT2D eigenvalue weighted by atomic mass is 32.1. The van der Waals surface area contributed by atoms with Gasteiger partial charge in [0.05, 0.1) is 11.1 Å². The fourth-order valence-electron chi connectivity index (χ4n) is 1.75. The van der Waals surface area contributed by atoms with E-state index in [1.54, 1.807) is 42.5 Å². The Morgan fingerprint density at radius 2 is 1.43 bits per heavy atom. The van der Waals surface area contributed by atoms with Crippen LogP contribution in [0.3, 0.4) is 0 Å². The van der Waals surface area contributed by atoms with Gasteiger partial charge in [0.2, 0.25) is 0 Å². The summed E-state index contributed by atoms with van der Waals surface area (Å²) in [4.78, 5) is 25.0. The van der Waals surface area contributed by atoms with E-state index < -0.39 is 11.8 Å². The van der Waals surface area contributed by atoms with Crippen LogP contribution < -0.4 is 10.9 Å². The SMILES string of the molecule is Cc1ccc(C(=O)NNC(=O)c2ccccc2S)c(S)c1. The molecule has 0 aliphatic heterocycles. The summed E-state index contributed by atoms with van der Waals surface area (Å²) in [5, 5.41) is 0. The molecule has 0 atom stereocenters. The first-order chi connectivity index (χ1) is 9.99. The topological polar surface area (TPSA) is 58.2 Å². The second-order valence-electron chi connectivity index (χ2n) is 4.45. The Balaban J connectivity index is 2.04. The number of nitrogens with one attached hydrogen (secondary N) is 2. The van der Waals surface area contributed by atoms with Crippen LogP contribution in [0.2, 0.25) is 0 Å². The number of thiol groups is 2. The van der Waals surface area contributed by atoms with E-state index in [-0.39, 0.29) is 0 Å². The third kappa shape index (κ3) is 3.80. The van der Waals surface area contributed by atoms with Crippen LogP contribution in [0.15, 0.2) is 52.3 Å². The molecule has 0 aliphatic carbocycles. The van der Waals surface area contributed by atoms with Crippen LogP contribution in [0.25, 0.3) is 0 Å². The molecule has 0 saturated carbocycles. The summed E-state index contributed by atoms with van der Waals surface area (Å²) >= 11 is 8.45. The first kappa shape index (κ1) is 15.5. The monoisotopic (exact) mass is 318 g/mol. The summed E-state index contributed by atoms with van der Waals surface area (Å²) in [6, 6.07) is 12.1. The van der Waals surface area contributed by atoms with E-state index in [1.165, 1.54) is 0 Å². The molecule has 2 rings (SSSR count). The van der Waals surface area contributed by atoms with Crippen molar-refractivity contribution in [3.8, 4) is 0 Å². The zero-order valence-corrected chi connectivity index (χ0v) is 13.0. The van der Waals surface area contributed by atoms with Gasteiger partial charge in [0, 0.05) is 9.79 Å². The van der Waals surface area contributed by atoms with Gasteiger partial charge in [0.25, 0.3) is 11.8 Å². The fraction of sp³-hybridized carbons (Fsp3) is 0.0667. The van der Waals surface area contributed by atoms with Crippen molar-refractivity contribution in [2.75, 3.05) is 0 Å². The molecule has 2 aromatic carbocycles. The number of hydrogen-bond donors (Lipinski definition) is 4. The highest BCUT2D eigenvalue weighted by Gasteiger charge is 2.12. The minimum absolute atomic E-state index is 0.385. The predicted molar refractivity (Wildman–Crippen MR) is 87.1 cm³/mol. The van der Waals surface area contributed by atoms with Crippen molar-refractivity contribution in [2.45, 2.75) is 16.7 Å². The molecule has 0 radical (unpaired) electrons. The van der Waals surface area contributed by atoms with Gasteiger partial charge in [-0.3, -0.25) is 20.4 Å². The number of carbonyl (C=O) groups excluding carboxylic acids is 2. The smallest absolute Gasteiger partial charge is 0.267 e. The van der Waals surface area contributed by atoms with Crippen LogP contribution in [0.1, 0.15) is 26.3 Å². The number of hydrazine groups is 1. The van der Waals surface area contributed by atoms with Crippen molar-refractivity contribution < 1.29 is 9.59 Å². The van der Waals surface area contributed by atoms with Crippen molar-refractivity contribution >= 4 is 37.1 Å². The van der Waals surface area contributed by atoms with Gasteiger partial charge < -0.3 is 0 Å². The Bertz CT molecular complexity index is 702. The molecule has 0 aliphatic rings. The lowest BCUT2D eigenvalue weighted by molar-refractivity contribution is 0.0843. The second-order valence-corrected chi connectivity index (χ2v) is 5.41. The standard InChI is InChI=1S/C15H14N2O2S2/c1-9-6-7-11(13(21)8-9)15(19)17-16-14(18)10-4-2-3-5-12(10)20/h2-8,20-21H,1H3,(H,16,18)(H,17,19). The second kappa shape index (κ2) is 6.69. The minimum atomic E-state index is -0.429. The van der Waals surface area contributed by atoms with Gasteiger partial charge in [-0.1, -0.05) is 18.2 Å². The molecule has 21 heavy (non-hydrogen) atoms. The van der Waals surface area contributed by atoms with Gasteiger partial charge in [-0.25, -0.2) is 0 Å². The quantitative estimate of drug-likeness (QED) is 0.508. The van der Waals surface area contributed by atoms with Crippen molar-refractivity contribution in [3.63, 3.8) is 0 Å². The van der Waals surface area contributed by atoms with Crippen LogP contribution in [-0.2, 0) is 0 Å². The highest BCUT2D eigenvalue weighted by molar-refractivity contribution is 7.80. The highest BCUT2D eigenvalue weighted by Crippen LogP contribution is 2.15. The van der Waals surface area contributed by atoms with E-state index in [1.807, 2.05) is 6.92 Å². The lowest BCUT2D eigenvalue weighted by Gasteiger charge is -2.10. The Kier molecular flexibility index (Phi) is 4.93. The Morgan fingerprint density at radius 1 is 0.857 bits per heavy atom. The molecule has 2 N–H and O–H groups in total. The van der Waals surface area contributed by atoms with Crippen molar-refractivity contribution in [3.05, 3.63) is 59.2 Å². The maximum Gasteiger partial charge on any atom is 0.270 e. The van der Waals surface area contributed by atoms with E-state index in [9.17, 15) is 9.59 Å². The Hall–Kier alpha value is -1.92. The summed E-state index contributed by atoms with van der Waals surface area (Å²) in [5.41, 5.74) is 6.50. The first-order valence-corrected chi connectivity index (χ1v) is 7.07. The summed E-state index contributed by atoms with van der Waals surface area (Å²) in [6.45, 7) is 1.91. The molecule has 0 spiro atoms. The molecular formula is C15H14N2O2S2. The van der Waals surface area contributed by atoms with Crippen molar-refractivity contribution in [1.82, 2.24) is 10.9 Å². The van der Waals surface area contributed by atoms with E-state index in [0.29, 0.717) is 20.9 Å². The largest absolute Gasteiger partial charge is 0.270 e. The zero-order chi connectivity index (χ0) is 15.4. The average molecular weight is 318 g/mol. The van der Waals surface area contributed by atoms with Gasteiger partial charge in [-0.15, -0.1) is 25.3 Å². The zero-order valence-electron chi connectivity index (χ0n) is 11.3. The van der Waals surface area contributed by atoms with E-state index in [2.05, 4.69) is 36.1 Å². The first-order valence-electron chi connectivity index (χ1n) is 6.17. The van der Waals surface area contributed by atoms with Crippen molar-refractivity contribution in [1.29, 1.82) is 0 Å². The summed E-state index contributed by atoms with van der Waals surface area (Å²) in [7, 11) is 0. The predicted octanol–water partition coefficient (Wildman–Crippen LogP) is 2.65. The van der Waals surface area contributed by atoms with Crippen LogP contribution in [0, 0.1) is 6.92 Å². The third-order valence-corrected chi connectivity index (χ3v) is 3.60. The number of benzene rings is 2. The van der Waals surface area contributed by atoms with Crippen molar-refractivity contribution in [2.24, 2.45) is 0 Å². The molecule has 0 heterocycles. The van der Waals surface area contributed by atoms with Crippen LogP contribution in [0.5, 0.6) is 0 Å². The molecule has 0 aromatic heterocycles. The lowest BCUT2D eigenvalue weighted by atomic mass is 10.1. The molecule has 108 valence electrons. The maximum absolute atomic E-state index is 12.0. The minimum Gasteiger partial charge on any atom is -0.267 e. The molecule has 0 unspecified atom stereocenters. The Labute approximate surface area is 133 Å². The number of rotatable bonds is 2. The van der Waals surface area contributed by atoms with Gasteiger partial charge in [0.15, 0.2) is 0 Å². The molecule has 6 heteroatoms. The average Bonchev–Trinajstić information content (AvgIpc) is 2.45. The van der Waals surface area contributed by atoms with Crippen LogP contribution >= 0.6 is 25.3 Å². The van der Waals surface area contributed by atoms with E-state index in [0.717, 1.165) is 5.56 Å². The molecule has 4 nitrogen and oxygen atoms in total. The fourth-order valence-corrected chi connectivity index (χ4v) is 2.39.